The van der Waals surface area contributed by atoms with Gasteiger partial charge in [-0.2, -0.15) is 0 Å². The molecule has 1 amide bonds. The van der Waals surface area contributed by atoms with E-state index >= 15 is 0 Å². The van der Waals surface area contributed by atoms with Gasteiger partial charge in [0, 0.05) is 7.11 Å². The van der Waals surface area contributed by atoms with Crippen LogP contribution >= 0.6 is 11.6 Å². The lowest BCUT2D eigenvalue weighted by Crippen LogP contribution is -2.42. The maximum Gasteiger partial charge on any atom is 0.272 e. The minimum atomic E-state index is -0.273. The van der Waals surface area contributed by atoms with E-state index < -0.39 is 0 Å². The van der Waals surface area contributed by atoms with Crippen molar-refractivity contribution in [2.75, 3.05) is 13.7 Å². The Bertz CT molecular complexity index is 367. The molecule has 0 aliphatic carbocycles. The summed E-state index contributed by atoms with van der Waals surface area (Å²) in [5.74, 6) is 0.00377. The predicted octanol–water partition coefficient (Wildman–Crippen LogP) is 1.53. The van der Waals surface area contributed by atoms with Crippen molar-refractivity contribution in [2.24, 2.45) is 5.92 Å². The molecule has 94 valence electrons. The summed E-state index contributed by atoms with van der Waals surface area (Å²) in [4.78, 5) is 11.8. The van der Waals surface area contributed by atoms with Crippen molar-refractivity contribution in [1.82, 2.24) is 15.5 Å². The molecule has 1 unspecified atom stereocenters. The van der Waals surface area contributed by atoms with Crippen LogP contribution in [-0.4, -0.2) is 35.9 Å². The Morgan fingerprint density at radius 1 is 1.47 bits per heavy atom. The topological polar surface area (TPSA) is 64.1 Å². The lowest BCUT2D eigenvalue weighted by Gasteiger charge is -2.21. The van der Waals surface area contributed by atoms with Gasteiger partial charge in [0.1, 0.15) is 0 Å². The second-order valence-electron chi connectivity index (χ2n) is 4.02. The highest BCUT2D eigenvalue weighted by Crippen LogP contribution is 2.05. The normalized spacial score (nSPS) is 12.5. The molecule has 0 aromatic carbocycles. The van der Waals surface area contributed by atoms with Crippen LogP contribution in [0.5, 0.6) is 0 Å². The number of hydrogen-bond acceptors (Lipinski definition) is 4. The van der Waals surface area contributed by atoms with Gasteiger partial charge in [0.05, 0.1) is 12.6 Å². The van der Waals surface area contributed by atoms with Gasteiger partial charge in [-0.05, 0) is 18.1 Å². The molecule has 1 atom stereocenters. The first-order valence-electron chi connectivity index (χ1n) is 5.33. The summed E-state index contributed by atoms with van der Waals surface area (Å²) in [5.41, 5.74) is 0.246. The highest BCUT2D eigenvalue weighted by atomic mass is 35.5. The van der Waals surface area contributed by atoms with Crippen LogP contribution in [-0.2, 0) is 4.74 Å². The molecule has 17 heavy (non-hydrogen) atoms. The number of carbonyl (C=O) groups excluding carboxylic acids is 1. The maximum atomic E-state index is 11.8. The zero-order valence-electron chi connectivity index (χ0n) is 10.1. The molecule has 0 fully saturated rings. The first-order chi connectivity index (χ1) is 8.04. The third kappa shape index (κ3) is 4.28. The minimum Gasteiger partial charge on any atom is -0.383 e. The van der Waals surface area contributed by atoms with Crippen molar-refractivity contribution < 1.29 is 9.53 Å². The van der Waals surface area contributed by atoms with Crippen LogP contribution in [0, 0.1) is 5.92 Å². The van der Waals surface area contributed by atoms with Gasteiger partial charge in [0.15, 0.2) is 10.8 Å². The van der Waals surface area contributed by atoms with Gasteiger partial charge in [0.25, 0.3) is 5.91 Å². The first kappa shape index (κ1) is 13.9. The first-order valence-corrected chi connectivity index (χ1v) is 5.71. The van der Waals surface area contributed by atoms with Gasteiger partial charge in [-0.1, -0.05) is 25.4 Å². The van der Waals surface area contributed by atoms with E-state index in [0.717, 1.165) is 0 Å². The summed E-state index contributed by atoms with van der Waals surface area (Å²) >= 11 is 5.60. The number of nitrogens with one attached hydrogen (secondary N) is 1. The number of amides is 1. The molecule has 1 N–H and O–H groups in total. The molecule has 1 heterocycles. The van der Waals surface area contributed by atoms with Gasteiger partial charge < -0.3 is 10.1 Å². The van der Waals surface area contributed by atoms with Crippen LogP contribution in [0.1, 0.15) is 24.3 Å². The van der Waals surface area contributed by atoms with E-state index in [1.807, 2.05) is 13.8 Å². The number of rotatable bonds is 5. The number of aromatic nitrogens is 2. The summed E-state index contributed by atoms with van der Waals surface area (Å²) in [6.45, 7) is 4.49. The molecule has 0 spiro atoms. The molecule has 0 aliphatic rings. The Labute approximate surface area is 106 Å². The zero-order chi connectivity index (χ0) is 12.8. The lowest BCUT2D eigenvalue weighted by atomic mass is 10.1. The van der Waals surface area contributed by atoms with Crippen molar-refractivity contribution in [3.05, 3.63) is 23.0 Å². The third-order valence-corrected chi connectivity index (χ3v) is 2.53. The van der Waals surface area contributed by atoms with Crippen LogP contribution in [0.3, 0.4) is 0 Å². The fourth-order valence-electron chi connectivity index (χ4n) is 1.26. The molecule has 0 saturated heterocycles. The number of ether oxygens (including phenoxy) is 1. The largest absolute Gasteiger partial charge is 0.383 e. The smallest absolute Gasteiger partial charge is 0.272 e. The number of nitrogens with zero attached hydrogens (tertiary/aromatic N) is 2. The highest BCUT2D eigenvalue weighted by molar-refractivity contribution is 6.29. The van der Waals surface area contributed by atoms with Crippen LogP contribution in [0.15, 0.2) is 12.1 Å². The van der Waals surface area contributed by atoms with Gasteiger partial charge >= 0.3 is 0 Å². The van der Waals surface area contributed by atoms with E-state index in [9.17, 15) is 4.79 Å². The van der Waals surface area contributed by atoms with Crippen molar-refractivity contribution in [1.29, 1.82) is 0 Å². The Hall–Kier alpha value is -1.20. The molecule has 0 radical (unpaired) electrons. The summed E-state index contributed by atoms with van der Waals surface area (Å²) in [6.07, 6.45) is 0. The van der Waals surface area contributed by atoms with Crippen molar-refractivity contribution in [3.8, 4) is 0 Å². The van der Waals surface area contributed by atoms with Gasteiger partial charge in [-0.25, -0.2) is 0 Å². The van der Waals surface area contributed by atoms with E-state index in [1.54, 1.807) is 7.11 Å². The average molecular weight is 258 g/mol. The standard InChI is InChI=1S/C11H16ClN3O2/c1-7(2)9(6-17-3)13-11(16)8-4-5-10(12)15-14-8/h4-5,7,9H,6H2,1-3H3,(H,13,16). The number of hydrogen-bond donors (Lipinski definition) is 1. The number of carbonyl (C=O) groups is 1. The molecule has 0 bridgehead atoms. The summed E-state index contributed by atoms with van der Waals surface area (Å²) < 4.78 is 5.05. The monoisotopic (exact) mass is 257 g/mol. The van der Waals surface area contributed by atoms with E-state index in [1.165, 1.54) is 12.1 Å². The summed E-state index contributed by atoms with van der Waals surface area (Å²) in [7, 11) is 1.60. The van der Waals surface area contributed by atoms with Crippen LogP contribution < -0.4 is 5.32 Å². The molecule has 6 heteroatoms. The average Bonchev–Trinajstić information content (AvgIpc) is 2.29. The predicted molar refractivity (Wildman–Crippen MR) is 65.0 cm³/mol. The van der Waals surface area contributed by atoms with Crippen molar-refractivity contribution in [3.63, 3.8) is 0 Å². The molecule has 1 aromatic heterocycles. The lowest BCUT2D eigenvalue weighted by molar-refractivity contribution is 0.0860. The SMILES string of the molecule is COCC(NC(=O)c1ccc(Cl)nn1)C(C)C. The van der Waals surface area contributed by atoms with Crippen LogP contribution in [0.25, 0.3) is 0 Å². The molecule has 5 nitrogen and oxygen atoms in total. The Morgan fingerprint density at radius 2 is 2.18 bits per heavy atom. The molecule has 1 aromatic rings. The van der Waals surface area contributed by atoms with E-state index in [0.29, 0.717) is 6.61 Å². The Balaban J connectivity index is 2.66. The zero-order valence-corrected chi connectivity index (χ0v) is 10.9. The maximum absolute atomic E-state index is 11.8. The van der Waals surface area contributed by atoms with E-state index in [2.05, 4.69) is 15.5 Å². The van der Waals surface area contributed by atoms with Crippen molar-refractivity contribution >= 4 is 17.5 Å². The number of methoxy groups -OCH3 is 1. The molecular formula is C11H16ClN3O2. The van der Waals surface area contributed by atoms with E-state index in [-0.39, 0.29) is 28.7 Å². The Morgan fingerprint density at radius 3 is 2.65 bits per heavy atom. The second-order valence-corrected chi connectivity index (χ2v) is 4.41. The molecule has 0 saturated carbocycles. The minimum absolute atomic E-state index is 0.0509. The second kappa shape index (κ2) is 6.51. The van der Waals surface area contributed by atoms with Crippen LogP contribution in [0.4, 0.5) is 0 Å². The fraction of sp³-hybridized carbons (Fsp3) is 0.545. The summed E-state index contributed by atoms with van der Waals surface area (Å²) in [6, 6.07) is 3.02. The van der Waals surface area contributed by atoms with Crippen molar-refractivity contribution in [2.45, 2.75) is 19.9 Å². The molecule has 1 rings (SSSR count). The third-order valence-electron chi connectivity index (χ3n) is 2.33. The highest BCUT2D eigenvalue weighted by Gasteiger charge is 2.17. The fourth-order valence-corrected chi connectivity index (χ4v) is 1.36. The van der Waals surface area contributed by atoms with Gasteiger partial charge in [0.2, 0.25) is 0 Å². The Kier molecular flexibility index (Phi) is 5.31. The van der Waals surface area contributed by atoms with E-state index in [4.69, 9.17) is 16.3 Å². The quantitative estimate of drug-likeness (QED) is 0.869. The van der Waals surface area contributed by atoms with Gasteiger partial charge in [-0.3, -0.25) is 4.79 Å². The summed E-state index contributed by atoms with van der Waals surface area (Å²) in [5, 5.41) is 10.4. The number of halogens is 1. The molecule has 0 aliphatic heterocycles. The molecular weight excluding hydrogens is 242 g/mol. The van der Waals surface area contributed by atoms with Crippen LogP contribution in [0.2, 0.25) is 5.15 Å². The van der Waals surface area contributed by atoms with Gasteiger partial charge in [-0.15, -0.1) is 10.2 Å².